The molecule has 5 heteroatoms. The molecule has 0 radical (unpaired) electrons. The van der Waals surface area contributed by atoms with Crippen LogP contribution >= 0.6 is 11.3 Å². The zero-order valence-corrected chi connectivity index (χ0v) is 10.5. The third-order valence-electron chi connectivity index (χ3n) is 2.75. The van der Waals surface area contributed by atoms with Gasteiger partial charge in [0.1, 0.15) is 0 Å². The Hall–Kier alpha value is -1.59. The zero-order chi connectivity index (χ0) is 12.3. The van der Waals surface area contributed by atoms with Crippen LogP contribution in [-0.2, 0) is 6.42 Å². The summed E-state index contributed by atoms with van der Waals surface area (Å²) in [7, 11) is 1.73. The van der Waals surface area contributed by atoms with Gasteiger partial charge in [-0.3, -0.25) is 5.43 Å². The summed E-state index contributed by atoms with van der Waals surface area (Å²) in [5.74, 6) is 5.07. The van der Waals surface area contributed by atoms with E-state index in [1.807, 2.05) is 12.1 Å². The number of rotatable bonds is 3. The van der Waals surface area contributed by atoms with E-state index in [1.54, 1.807) is 23.3 Å². The molecule has 0 aliphatic carbocycles. The molecule has 90 valence electrons. The second-order valence-electron chi connectivity index (χ2n) is 3.88. The second kappa shape index (κ2) is 5.16. The van der Waals surface area contributed by atoms with E-state index in [4.69, 9.17) is 5.84 Å². The van der Waals surface area contributed by atoms with Crippen molar-refractivity contribution in [3.63, 3.8) is 0 Å². The van der Waals surface area contributed by atoms with Gasteiger partial charge in [0.15, 0.2) is 0 Å². The van der Waals surface area contributed by atoms with Crippen LogP contribution in [0.2, 0.25) is 0 Å². The molecule has 0 aliphatic rings. The molecule has 17 heavy (non-hydrogen) atoms. The Balaban J connectivity index is 2.07. The fourth-order valence-electron chi connectivity index (χ4n) is 1.73. The number of hydrogen-bond acceptors (Lipinski definition) is 3. The van der Waals surface area contributed by atoms with Crippen molar-refractivity contribution in [1.29, 1.82) is 0 Å². The van der Waals surface area contributed by atoms with Crippen molar-refractivity contribution in [2.75, 3.05) is 13.6 Å². The first-order valence-electron chi connectivity index (χ1n) is 5.39. The van der Waals surface area contributed by atoms with E-state index in [0.29, 0.717) is 6.54 Å². The standard InChI is InChI=1S/C12H15N3OS/c1-15(12(16)14-13)7-6-9-8-17-11-5-3-2-4-10(9)11/h2-5,8H,6-7,13H2,1H3,(H,14,16). The van der Waals surface area contributed by atoms with Gasteiger partial charge in [0, 0.05) is 18.3 Å². The molecule has 0 aliphatic heterocycles. The van der Waals surface area contributed by atoms with Crippen molar-refractivity contribution in [3.8, 4) is 0 Å². The van der Waals surface area contributed by atoms with Crippen LogP contribution in [-0.4, -0.2) is 24.5 Å². The fraction of sp³-hybridized carbons (Fsp3) is 0.250. The highest BCUT2D eigenvalue weighted by molar-refractivity contribution is 7.17. The number of nitrogens with two attached hydrogens (primary N) is 1. The topological polar surface area (TPSA) is 58.4 Å². The number of benzene rings is 1. The predicted octanol–water partition coefficient (Wildman–Crippen LogP) is 1.96. The molecule has 0 saturated heterocycles. The average Bonchev–Trinajstić information content (AvgIpc) is 2.78. The molecule has 2 rings (SSSR count). The van der Waals surface area contributed by atoms with Gasteiger partial charge in [-0.05, 0) is 28.8 Å². The van der Waals surface area contributed by atoms with Gasteiger partial charge in [0.2, 0.25) is 0 Å². The first-order valence-corrected chi connectivity index (χ1v) is 6.27. The highest BCUT2D eigenvalue weighted by Crippen LogP contribution is 2.25. The third kappa shape index (κ3) is 2.57. The van der Waals surface area contributed by atoms with Gasteiger partial charge >= 0.3 is 6.03 Å². The Bertz CT molecular complexity index is 523. The van der Waals surface area contributed by atoms with Gasteiger partial charge in [0.25, 0.3) is 0 Å². The van der Waals surface area contributed by atoms with Crippen LogP contribution in [0.15, 0.2) is 29.6 Å². The lowest BCUT2D eigenvalue weighted by molar-refractivity contribution is 0.209. The van der Waals surface area contributed by atoms with E-state index in [2.05, 4.69) is 22.9 Å². The molecule has 0 unspecified atom stereocenters. The van der Waals surface area contributed by atoms with E-state index in [1.165, 1.54) is 15.6 Å². The SMILES string of the molecule is CN(CCc1csc2ccccc12)C(=O)NN. The summed E-state index contributed by atoms with van der Waals surface area (Å²) >= 11 is 1.74. The summed E-state index contributed by atoms with van der Waals surface area (Å²) in [4.78, 5) is 12.8. The maximum Gasteiger partial charge on any atom is 0.331 e. The Morgan fingerprint density at radius 3 is 3.00 bits per heavy atom. The molecule has 3 N–H and O–H groups in total. The Kier molecular flexibility index (Phi) is 3.61. The number of amides is 2. The molecule has 2 amide bonds. The number of nitrogens with one attached hydrogen (secondary N) is 1. The second-order valence-corrected chi connectivity index (χ2v) is 4.79. The largest absolute Gasteiger partial charge is 0.331 e. The van der Waals surface area contributed by atoms with E-state index >= 15 is 0 Å². The molecule has 0 fully saturated rings. The monoisotopic (exact) mass is 249 g/mol. The van der Waals surface area contributed by atoms with Gasteiger partial charge in [-0.25, -0.2) is 10.6 Å². The molecule has 1 heterocycles. The molecule has 1 aromatic heterocycles. The van der Waals surface area contributed by atoms with Crippen molar-refractivity contribution in [3.05, 3.63) is 35.2 Å². The van der Waals surface area contributed by atoms with Crippen molar-refractivity contribution >= 4 is 27.5 Å². The molecule has 2 aromatic rings. The molecule has 1 aromatic carbocycles. The molecule has 0 atom stereocenters. The predicted molar refractivity (Wildman–Crippen MR) is 70.9 cm³/mol. The lowest BCUT2D eigenvalue weighted by atomic mass is 10.1. The molecule has 0 saturated carbocycles. The summed E-state index contributed by atoms with van der Waals surface area (Å²) in [5.41, 5.74) is 3.40. The lowest BCUT2D eigenvalue weighted by Crippen LogP contribution is -2.41. The normalized spacial score (nSPS) is 10.5. The van der Waals surface area contributed by atoms with Crippen LogP contribution in [0.25, 0.3) is 10.1 Å². The molecule has 0 bridgehead atoms. The van der Waals surface area contributed by atoms with Crippen molar-refractivity contribution in [1.82, 2.24) is 10.3 Å². The maximum atomic E-state index is 11.2. The summed E-state index contributed by atoms with van der Waals surface area (Å²) in [6.07, 6.45) is 0.841. The number of hydrogen-bond donors (Lipinski definition) is 2. The van der Waals surface area contributed by atoms with Crippen LogP contribution in [0, 0.1) is 0 Å². The average molecular weight is 249 g/mol. The Morgan fingerprint density at radius 2 is 2.24 bits per heavy atom. The maximum absolute atomic E-state index is 11.2. The first-order chi connectivity index (χ1) is 8.22. The quantitative estimate of drug-likeness (QED) is 0.496. The van der Waals surface area contributed by atoms with Gasteiger partial charge in [0.05, 0.1) is 0 Å². The van der Waals surface area contributed by atoms with E-state index in [0.717, 1.165) is 6.42 Å². The number of carbonyl (C=O) groups excluding carboxylic acids is 1. The van der Waals surface area contributed by atoms with E-state index in [-0.39, 0.29) is 6.03 Å². The summed E-state index contributed by atoms with van der Waals surface area (Å²) in [6, 6.07) is 8.04. The van der Waals surface area contributed by atoms with Gasteiger partial charge in [-0.2, -0.15) is 0 Å². The highest BCUT2D eigenvalue weighted by Gasteiger charge is 2.08. The minimum atomic E-state index is -0.260. The minimum Gasteiger partial charge on any atom is -0.326 e. The van der Waals surface area contributed by atoms with Gasteiger partial charge < -0.3 is 4.90 Å². The number of nitrogens with zero attached hydrogens (tertiary/aromatic N) is 1. The van der Waals surface area contributed by atoms with Crippen molar-refractivity contribution in [2.24, 2.45) is 5.84 Å². The number of likely N-dealkylation sites (N-methyl/N-ethyl adjacent to an activating group) is 1. The summed E-state index contributed by atoms with van der Waals surface area (Å²) in [5, 5.41) is 3.43. The van der Waals surface area contributed by atoms with Crippen LogP contribution < -0.4 is 11.3 Å². The Morgan fingerprint density at radius 1 is 1.47 bits per heavy atom. The zero-order valence-electron chi connectivity index (χ0n) is 9.64. The van der Waals surface area contributed by atoms with E-state index in [9.17, 15) is 4.79 Å². The van der Waals surface area contributed by atoms with Crippen LogP contribution in [0.5, 0.6) is 0 Å². The van der Waals surface area contributed by atoms with Crippen LogP contribution in [0.4, 0.5) is 4.79 Å². The van der Waals surface area contributed by atoms with Crippen molar-refractivity contribution in [2.45, 2.75) is 6.42 Å². The number of carbonyl (C=O) groups is 1. The molecular weight excluding hydrogens is 234 g/mol. The number of fused-ring (bicyclic) bond motifs is 1. The Labute approximate surface area is 104 Å². The molecule has 4 nitrogen and oxygen atoms in total. The lowest BCUT2D eigenvalue weighted by Gasteiger charge is -2.15. The molecular formula is C12H15N3OS. The van der Waals surface area contributed by atoms with Crippen LogP contribution in [0.1, 0.15) is 5.56 Å². The smallest absolute Gasteiger partial charge is 0.326 e. The summed E-state index contributed by atoms with van der Waals surface area (Å²) < 4.78 is 1.29. The molecule has 0 spiro atoms. The third-order valence-corrected chi connectivity index (χ3v) is 3.76. The van der Waals surface area contributed by atoms with Gasteiger partial charge in [-0.1, -0.05) is 18.2 Å². The van der Waals surface area contributed by atoms with Gasteiger partial charge in [-0.15, -0.1) is 11.3 Å². The first kappa shape index (κ1) is 11.9. The van der Waals surface area contributed by atoms with Crippen LogP contribution in [0.3, 0.4) is 0 Å². The number of hydrazine groups is 1. The minimum absolute atomic E-state index is 0.260. The summed E-state index contributed by atoms with van der Waals surface area (Å²) in [6.45, 7) is 0.657. The highest BCUT2D eigenvalue weighted by atomic mass is 32.1. The fourth-order valence-corrected chi connectivity index (χ4v) is 2.72. The van der Waals surface area contributed by atoms with Crippen molar-refractivity contribution < 1.29 is 4.79 Å². The van der Waals surface area contributed by atoms with E-state index < -0.39 is 0 Å². The number of urea groups is 1. The number of thiophene rings is 1.